The van der Waals surface area contributed by atoms with Crippen LogP contribution in [0.15, 0.2) is 30.3 Å². The Bertz CT molecular complexity index is 1380. The van der Waals surface area contributed by atoms with Crippen LogP contribution in [0.25, 0.3) is 11.3 Å². The summed E-state index contributed by atoms with van der Waals surface area (Å²) in [6.45, 7) is 0.569. The molecule has 0 spiro atoms. The topological polar surface area (TPSA) is 143 Å². The molecule has 0 radical (unpaired) electrons. The molecule has 0 unspecified atom stereocenters. The van der Waals surface area contributed by atoms with Gasteiger partial charge in [0.2, 0.25) is 5.91 Å². The van der Waals surface area contributed by atoms with Crippen LogP contribution in [0.3, 0.4) is 0 Å². The van der Waals surface area contributed by atoms with Gasteiger partial charge < -0.3 is 25.8 Å². The second-order valence-corrected chi connectivity index (χ2v) is 8.82. The fourth-order valence-electron chi connectivity index (χ4n) is 3.72. The highest BCUT2D eigenvalue weighted by atomic mass is 16.5. The van der Waals surface area contributed by atoms with Crippen LogP contribution in [0, 0.1) is 5.92 Å². The lowest BCUT2D eigenvalue weighted by atomic mass is 10.0. The fraction of sp³-hybridized carbons (Fsp3) is 0.375. The number of aliphatic hydroxyl groups is 1. The number of nitrogens with zero attached hydrogens (tertiary/aromatic N) is 4. The summed E-state index contributed by atoms with van der Waals surface area (Å²) in [5.41, 5.74) is 0.818. The zero-order valence-corrected chi connectivity index (χ0v) is 19.8. The Labute approximate surface area is 207 Å². The molecule has 3 aromatic rings. The van der Waals surface area contributed by atoms with Gasteiger partial charge in [0.05, 0.1) is 29.9 Å². The third-order valence-electron chi connectivity index (χ3n) is 5.59. The van der Waals surface area contributed by atoms with Gasteiger partial charge in [0.1, 0.15) is 5.60 Å². The van der Waals surface area contributed by atoms with Crippen molar-refractivity contribution in [2.24, 2.45) is 13.0 Å². The molecule has 0 bridgehead atoms. The number of hydrogen-bond acceptors (Lipinski definition) is 8. The molecule has 0 aliphatic heterocycles. The predicted octanol–water partition coefficient (Wildman–Crippen LogP) is 2.56. The summed E-state index contributed by atoms with van der Waals surface area (Å²) in [5, 5.41) is 30.4. The molecule has 1 aliphatic rings. The van der Waals surface area contributed by atoms with Gasteiger partial charge in [0.15, 0.2) is 17.3 Å². The van der Waals surface area contributed by atoms with Crippen molar-refractivity contribution >= 4 is 29.0 Å². The number of nitrogens with one attached hydrogen (secondary N) is 3. The van der Waals surface area contributed by atoms with E-state index in [-0.39, 0.29) is 29.0 Å². The number of methoxy groups -OCH3 is 1. The van der Waals surface area contributed by atoms with E-state index in [1.54, 1.807) is 49.8 Å². The number of hydrogen-bond donors (Lipinski definition) is 4. The van der Waals surface area contributed by atoms with E-state index in [2.05, 4.69) is 25.9 Å². The van der Waals surface area contributed by atoms with E-state index in [1.165, 1.54) is 13.2 Å². The first-order chi connectivity index (χ1) is 17.8. The lowest BCUT2D eigenvalue weighted by Gasteiger charge is -2.16. The highest BCUT2D eigenvalue weighted by Crippen LogP contribution is 2.39. The normalized spacial score (nSPS) is 14.9. The van der Waals surface area contributed by atoms with Crippen LogP contribution in [0.4, 0.5) is 17.2 Å². The summed E-state index contributed by atoms with van der Waals surface area (Å²) < 4.78 is 29.4. The van der Waals surface area contributed by atoms with Crippen LogP contribution in [0.1, 0.15) is 47.0 Å². The lowest BCUT2D eigenvalue weighted by molar-refractivity contribution is -0.117. The van der Waals surface area contributed by atoms with Crippen molar-refractivity contribution in [3.63, 3.8) is 0 Å². The highest BCUT2D eigenvalue weighted by molar-refractivity contribution is 6.00. The van der Waals surface area contributed by atoms with Crippen molar-refractivity contribution in [2.75, 3.05) is 24.7 Å². The van der Waals surface area contributed by atoms with E-state index in [1.807, 2.05) is 5.32 Å². The summed E-state index contributed by atoms with van der Waals surface area (Å²) in [5.74, 6) is -0.798. The number of carbonyl (C=O) groups excluding carboxylic acids is 2. The van der Waals surface area contributed by atoms with Gasteiger partial charge in [0, 0.05) is 35.7 Å². The van der Waals surface area contributed by atoms with Crippen LogP contribution in [-0.2, 0) is 17.4 Å². The van der Waals surface area contributed by atoms with Gasteiger partial charge in [-0.1, -0.05) is 6.07 Å². The van der Waals surface area contributed by atoms with Gasteiger partial charge in [-0.2, -0.15) is 5.10 Å². The average molecular weight is 483 g/mol. The summed E-state index contributed by atoms with van der Waals surface area (Å²) in [6.07, 6.45) is 1.58. The van der Waals surface area contributed by atoms with Gasteiger partial charge in [-0.3, -0.25) is 14.3 Å². The van der Waals surface area contributed by atoms with Crippen LogP contribution < -0.4 is 20.7 Å². The number of benzene rings is 1. The maximum Gasteiger partial charge on any atom is 0.273 e. The summed E-state index contributed by atoms with van der Waals surface area (Å²) in [7, 11) is 3.19. The van der Waals surface area contributed by atoms with E-state index in [9.17, 15) is 14.7 Å². The van der Waals surface area contributed by atoms with E-state index in [0.717, 1.165) is 12.8 Å². The smallest absolute Gasteiger partial charge is 0.273 e. The Balaban J connectivity index is 1.74. The number of aryl methyl sites for hydroxylation is 1. The van der Waals surface area contributed by atoms with Crippen LogP contribution in [0.5, 0.6) is 5.75 Å². The largest absolute Gasteiger partial charge is 0.494 e. The Hall–Kier alpha value is -3.99. The lowest BCUT2D eigenvalue weighted by Crippen LogP contribution is -2.22. The van der Waals surface area contributed by atoms with Crippen LogP contribution >= 0.6 is 0 Å². The number of anilines is 3. The zero-order valence-electron chi connectivity index (χ0n) is 22.8. The number of amides is 2. The molecule has 4 rings (SSSR count). The molecule has 0 atom stereocenters. The first-order valence-corrected chi connectivity index (χ1v) is 11.0. The molecule has 184 valence electrons. The van der Waals surface area contributed by atoms with Crippen LogP contribution in [0.2, 0.25) is 0 Å². The second kappa shape index (κ2) is 9.34. The van der Waals surface area contributed by atoms with Crippen molar-refractivity contribution in [2.45, 2.75) is 32.3 Å². The number of aromatic nitrogens is 4. The molecule has 2 aromatic heterocycles. The minimum Gasteiger partial charge on any atom is -0.494 e. The average Bonchev–Trinajstić information content (AvgIpc) is 3.58. The van der Waals surface area contributed by atoms with Crippen molar-refractivity contribution in [1.29, 1.82) is 0 Å². The molecule has 1 aliphatic carbocycles. The number of ether oxygens (including phenoxy) is 1. The van der Waals surface area contributed by atoms with Crippen molar-refractivity contribution in [1.82, 2.24) is 25.3 Å². The van der Waals surface area contributed by atoms with Crippen molar-refractivity contribution < 1.29 is 23.5 Å². The molecule has 2 amide bonds. The van der Waals surface area contributed by atoms with Crippen molar-refractivity contribution in [3.8, 4) is 17.0 Å². The molecule has 1 saturated carbocycles. The summed E-state index contributed by atoms with van der Waals surface area (Å²) in [4.78, 5) is 25.0. The molecule has 11 nitrogen and oxygen atoms in total. The zero-order chi connectivity index (χ0) is 27.8. The third kappa shape index (κ3) is 5.09. The first-order valence-electron chi connectivity index (χ1n) is 12.5. The van der Waals surface area contributed by atoms with Crippen LogP contribution in [-0.4, -0.2) is 51.0 Å². The first kappa shape index (κ1) is 20.4. The van der Waals surface area contributed by atoms with Gasteiger partial charge in [-0.25, -0.2) is 0 Å². The van der Waals surface area contributed by atoms with Gasteiger partial charge >= 0.3 is 0 Å². The summed E-state index contributed by atoms with van der Waals surface area (Å²) in [6, 6.07) is 8.37. The van der Waals surface area contributed by atoms with Gasteiger partial charge in [-0.15, -0.1) is 10.2 Å². The summed E-state index contributed by atoms with van der Waals surface area (Å²) >= 11 is 0. The maximum atomic E-state index is 12.7. The second-order valence-electron chi connectivity index (χ2n) is 8.82. The predicted molar refractivity (Wildman–Crippen MR) is 130 cm³/mol. The molecule has 4 N–H and O–H groups in total. The SMILES string of the molecule is [2H]C([2H])([2H])NC(=O)c1nnc(NC(=O)C2CC2)cc1Nc1cccc(-c2cc(C(C)(C)O)n(C)n2)c1OC. The Morgan fingerprint density at radius 3 is 2.63 bits per heavy atom. The monoisotopic (exact) mass is 482 g/mol. The molecule has 2 heterocycles. The number of para-hydroxylation sites is 1. The van der Waals surface area contributed by atoms with E-state index >= 15 is 0 Å². The standard InChI is InChI=1S/C24H29N7O4/c1-24(2,34)18-11-16(30-31(18)4)14-7-6-8-15(21(14)35-5)26-17-12-19(27-22(32)13-9-10-13)28-29-20(17)23(33)25-3/h6-8,11-13,34H,9-10H2,1-5H3,(H,25,33)(H2,26,27,28,32)/i3D3. The Morgan fingerprint density at radius 2 is 2.00 bits per heavy atom. The minimum atomic E-state index is -2.75. The number of carbonyl (C=O) groups is 2. The maximum absolute atomic E-state index is 12.7. The van der Waals surface area contributed by atoms with E-state index < -0.39 is 18.5 Å². The molecule has 1 aromatic carbocycles. The molecule has 35 heavy (non-hydrogen) atoms. The Kier molecular flexibility index (Phi) is 5.44. The van der Waals surface area contributed by atoms with E-state index in [0.29, 0.717) is 28.4 Å². The fourth-order valence-corrected chi connectivity index (χ4v) is 3.72. The third-order valence-corrected chi connectivity index (χ3v) is 5.59. The molecule has 1 fully saturated rings. The number of rotatable bonds is 8. The van der Waals surface area contributed by atoms with Crippen molar-refractivity contribution in [3.05, 3.63) is 41.7 Å². The van der Waals surface area contributed by atoms with E-state index in [4.69, 9.17) is 8.85 Å². The molecular formula is C24H29N7O4. The minimum absolute atomic E-state index is 0.0873. The van der Waals surface area contributed by atoms with Gasteiger partial charge in [-0.05, 0) is 44.9 Å². The van der Waals surface area contributed by atoms with Gasteiger partial charge in [0.25, 0.3) is 5.91 Å². The Morgan fingerprint density at radius 1 is 1.23 bits per heavy atom. The quantitative estimate of drug-likeness (QED) is 0.384. The molecule has 11 heteroatoms. The molecule has 0 saturated heterocycles. The highest BCUT2D eigenvalue weighted by Gasteiger charge is 2.30. The molecular weight excluding hydrogens is 450 g/mol.